The molecule has 0 atom stereocenters. The minimum absolute atomic E-state index is 0.626. The quantitative estimate of drug-likeness (QED) is 0.800. The third kappa shape index (κ3) is 2.17. The number of aromatic nitrogens is 5. The van der Waals surface area contributed by atoms with E-state index in [9.17, 15) is 0 Å². The summed E-state index contributed by atoms with van der Waals surface area (Å²) in [6.07, 6.45) is 0. The van der Waals surface area contributed by atoms with Crippen molar-refractivity contribution < 1.29 is 0 Å². The van der Waals surface area contributed by atoms with Gasteiger partial charge in [0.05, 0.1) is 0 Å². The van der Waals surface area contributed by atoms with Crippen molar-refractivity contribution in [3.63, 3.8) is 0 Å². The van der Waals surface area contributed by atoms with E-state index in [1.165, 1.54) is 4.63 Å². The number of anilines is 1. The Morgan fingerprint density at radius 3 is 2.94 bits per heavy atom. The zero-order chi connectivity index (χ0) is 12.4. The number of rotatable bonds is 3. The maximum Gasteiger partial charge on any atom is 0.200 e. The van der Waals surface area contributed by atoms with Gasteiger partial charge in [-0.05, 0) is 34.2 Å². The Kier molecular flexibility index (Phi) is 2.89. The standard InChI is InChI=1S/C11H9BrN6/c12-9-4-2-1-3-8(9)7-13-10-5-6-11-14-16-17-18(11)15-10/h1-6H,7H2,(H,13,15). The molecule has 0 radical (unpaired) electrons. The van der Waals surface area contributed by atoms with Gasteiger partial charge in [-0.1, -0.05) is 34.1 Å². The average Bonchev–Trinajstić information content (AvgIpc) is 2.85. The molecule has 3 aromatic rings. The van der Waals surface area contributed by atoms with Gasteiger partial charge in [-0.15, -0.1) is 14.8 Å². The number of nitrogens with zero attached hydrogens (tertiary/aromatic N) is 5. The highest BCUT2D eigenvalue weighted by Gasteiger charge is 2.02. The fourth-order valence-corrected chi connectivity index (χ4v) is 2.00. The number of halogens is 1. The Hall–Kier alpha value is -2.02. The maximum atomic E-state index is 4.23. The van der Waals surface area contributed by atoms with Gasteiger partial charge < -0.3 is 5.32 Å². The van der Waals surface area contributed by atoms with Gasteiger partial charge in [0.15, 0.2) is 5.65 Å². The van der Waals surface area contributed by atoms with Crippen LogP contribution in [-0.4, -0.2) is 25.3 Å². The smallest absolute Gasteiger partial charge is 0.200 e. The molecule has 2 aromatic heterocycles. The second kappa shape index (κ2) is 4.69. The van der Waals surface area contributed by atoms with E-state index in [-0.39, 0.29) is 0 Å². The van der Waals surface area contributed by atoms with Crippen molar-refractivity contribution in [3.8, 4) is 0 Å². The molecule has 0 unspecified atom stereocenters. The van der Waals surface area contributed by atoms with Crippen LogP contribution in [0.4, 0.5) is 5.82 Å². The lowest BCUT2D eigenvalue weighted by Crippen LogP contribution is -2.05. The van der Waals surface area contributed by atoms with Crippen molar-refractivity contribution in [1.82, 2.24) is 25.3 Å². The van der Waals surface area contributed by atoms with Gasteiger partial charge in [-0.3, -0.25) is 0 Å². The highest BCUT2D eigenvalue weighted by atomic mass is 79.9. The molecule has 6 nitrogen and oxygen atoms in total. The fraction of sp³-hybridized carbons (Fsp3) is 0.0909. The zero-order valence-corrected chi connectivity index (χ0v) is 10.9. The third-order valence-electron chi connectivity index (χ3n) is 2.49. The van der Waals surface area contributed by atoms with Crippen LogP contribution in [0.3, 0.4) is 0 Å². The van der Waals surface area contributed by atoms with Gasteiger partial charge in [0, 0.05) is 11.0 Å². The molecule has 0 saturated heterocycles. The van der Waals surface area contributed by atoms with E-state index in [1.54, 1.807) is 0 Å². The second-order valence-corrected chi connectivity index (χ2v) is 4.54. The Bertz CT molecular complexity index is 680. The summed E-state index contributed by atoms with van der Waals surface area (Å²) in [5.74, 6) is 0.727. The molecular weight excluding hydrogens is 296 g/mol. The van der Waals surface area contributed by atoms with Gasteiger partial charge in [0.25, 0.3) is 0 Å². The second-order valence-electron chi connectivity index (χ2n) is 3.69. The predicted octanol–water partition coefficient (Wildman–Crippen LogP) is 1.89. The van der Waals surface area contributed by atoms with Gasteiger partial charge in [-0.2, -0.15) is 0 Å². The zero-order valence-electron chi connectivity index (χ0n) is 9.29. The van der Waals surface area contributed by atoms with Gasteiger partial charge in [0.2, 0.25) is 0 Å². The molecule has 0 aliphatic rings. The minimum Gasteiger partial charge on any atom is -0.364 e. The van der Waals surface area contributed by atoms with E-state index in [2.05, 4.69) is 41.9 Å². The number of tetrazole rings is 1. The van der Waals surface area contributed by atoms with Crippen molar-refractivity contribution in [1.29, 1.82) is 0 Å². The third-order valence-corrected chi connectivity index (χ3v) is 3.26. The van der Waals surface area contributed by atoms with E-state index in [4.69, 9.17) is 0 Å². The van der Waals surface area contributed by atoms with E-state index >= 15 is 0 Å². The van der Waals surface area contributed by atoms with Crippen LogP contribution in [0.1, 0.15) is 5.56 Å². The summed E-state index contributed by atoms with van der Waals surface area (Å²) in [5, 5.41) is 18.5. The van der Waals surface area contributed by atoms with Crippen molar-refractivity contribution in [2.75, 3.05) is 5.32 Å². The molecule has 90 valence electrons. The summed E-state index contributed by atoms with van der Waals surface area (Å²) in [5.41, 5.74) is 1.79. The SMILES string of the molecule is Brc1ccccc1CNc1ccc2nnnn2n1. The van der Waals surface area contributed by atoms with Crippen LogP contribution in [0.25, 0.3) is 5.65 Å². The van der Waals surface area contributed by atoms with Crippen molar-refractivity contribution >= 4 is 27.4 Å². The first kappa shape index (κ1) is 11.1. The van der Waals surface area contributed by atoms with Crippen LogP contribution in [0.15, 0.2) is 40.9 Å². The molecule has 0 amide bonds. The maximum absolute atomic E-state index is 4.23. The number of nitrogens with one attached hydrogen (secondary N) is 1. The lowest BCUT2D eigenvalue weighted by Gasteiger charge is -2.06. The van der Waals surface area contributed by atoms with E-state index in [0.717, 1.165) is 15.9 Å². The monoisotopic (exact) mass is 304 g/mol. The topological polar surface area (TPSA) is 68.0 Å². The van der Waals surface area contributed by atoms with Crippen LogP contribution in [0.5, 0.6) is 0 Å². The van der Waals surface area contributed by atoms with Crippen molar-refractivity contribution in [3.05, 3.63) is 46.4 Å². The van der Waals surface area contributed by atoms with Crippen molar-refractivity contribution in [2.45, 2.75) is 6.54 Å². The first-order valence-electron chi connectivity index (χ1n) is 5.35. The first-order chi connectivity index (χ1) is 8.83. The van der Waals surface area contributed by atoms with Gasteiger partial charge in [-0.25, -0.2) is 0 Å². The molecule has 2 heterocycles. The van der Waals surface area contributed by atoms with E-state index in [1.807, 2.05) is 36.4 Å². The summed E-state index contributed by atoms with van der Waals surface area (Å²) in [6, 6.07) is 11.7. The number of fused-ring (bicyclic) bond motifs is 1. The highest BCUT2D eigenvalue weighted by Crippen LogP contribution is 2.16. The normalized spacial score (nSPS) is 10.7. The van der Waals surface area contributed by atoms with Crippen LogP contribution in [0, 0.1) is 0 Å². The Labute approximate surface area is 111 Å². The molecule has 18 heavy (non-hydrogen) atoms. The largest absolute Gasteiger partial charge is 0.364 e. The van der Waals surface area contributed by atoms with Crippen LogP contribution in [0.2, 0.25) is 0 Å². The lowest BCUT2D eigenvalue weighted by molar-refractivity contribution is 0.734. The molecular formula is C11H9BrN6. The number of hydrogen-bond acceptors (Lipinski definition) is 5. The molecule has 0 aliphatic carbocycles. The van der Waals surface area contributed by atoms with Crippen LogP contribution < -0.4 is 5.32 Å². The summed E-state index contributed by atoms with van der Waals surface area (Å²) in [4.78, 5) is 0. The highest BCUT2D eigenvalue weighted by molar-refractivity contribution is 9.10. The molecule has 0 aliphatic heterocycles. The van der Waals surface area contributed by atoms with Crippen molar-refractivity contribution in [2.24, 2.45) is 0 Å². The Balaban J connectivity index is 1.78. The summed E-state index contributed by atoms with van der Waals surface area (Å²) >= 11 is 3.51. The molecule has 0 fully saturated rings. The molecule has 0 spiro atoms. The first-order valence-corrected chi connectivity index (χ1v) is 6.15. The minimum atomic E-state index is 0.626. The summed E-state index contributed by atoms with van der Waals surface area (Å²) in [7, 11) is 0. The van der Waals surface area contributed by atoms with Crippen LogP contribution in [-0.2, 0) is 6.54 Å². The average molecular weight is 305 g/mol. The predicted molar refractivity (Wildman–Crippen MR) is 70.0 cm³/mol. The molecule has 0 bridgehead atoms. The Morgan fingerprint density at radius 1 is 1.17 bits per heavy atom. The molecule has 0 saturated carbocycles. The number of benzene rings is 1. The molecule has 1 aromatic carbocycles. The molecule has 1 N–H and O–H groups in total. The Morgan fingerprint density at radius 2 is 2.06 bits per heavy atom. The summed E-state index contributed by atoms with van der Waals surface area (Å²) in [6.45, 7) is 0.683. The van der Waals surface area contributed by atoms with Gasteiger partial charge in [0.1, 0.15) is 5.82 Å². The number of hydrogen-bond donors (Lipinski definition) is 1. The van der Waals surface area contributed by atoms with E-state index < -0.39 is 0 Å². The molecule has 3 rings (SSSR count). The fourth-order valence-electron chi connectivity index (χ4n) is 1.57. The lowest BCUT2D eigenvalue weighted by atomic mass is 10.2. The molecule has 7 heteroatoms. The van der Waals surface area contributed by atoms with Crippen LogP contribution >= 0.6 is 15.9 Å². The summed E-state index contributed by atoms with van der Waals surface area (Å²) < 4.78 is 2.46. The van der Waals surface area contributed by atoms with E-state index in [0.29, 0.717) is 12.2 Å². The van der Waals surface area contributed by atoms with Gasteiger partial charge >= 0.3 is 0 Å².